The molecule has 0 radical (unpaired) electrons. The number of aromatic nitrogens is 2. The van der Waals surface area contributed by atoms with Gasteiger partial charge in [0, 0.05) is 49.0 Å². The highest BCUT2D eigenvalue weighted by atomic mass is 16.5. The third kappa shape index (κ3) is 10.4. The van der Waals surface area contributed by atoms with Crippen LogP contribution in [-0.4, -0.2) is 114 Å². The van der Waals surface area contributed by atoms with Crippen LogP contribution >= 0.6 is 0 Å². The molecule has 0 aliphatic carbocycles. The predicted octanol–water partition coefficient (Wildman–Crippen LogP) is 6.54. The highest BCUT2D eigenvalue weighted by molar-refractivity contribution is 5.92. The second-order valence-corrected chi connectivity index (χ2v) is 18.6. The van der Waals surface area contributed by atoms with Crippen molar-refractivity contribution in [2.24, 2.45) is 11.8 Å². The molecular weight excluding hydrogens is 789 g/mol. The Morgan fingerprint density at radius 3 is 1.89 bits per heavy atom. The highest BCUT2D eigenvalue weighted by Crippen LogP contribution is 2.38. The Bertz CT molecular complexity index is 2070. The summed E-state index contributed by atoms with van der Waals surface area (Å²) in [5, 5.41) is 8.63. The molecule has 3 fully saturated rings. The van der Waals surface area contributed by atoms with Gasteiger partial charge in [0.05, 0.1) is 32.2 Å². The Kier molecular flexibility index (Phi) is 14.5. The van der Waals surface area contributed by atoms with Crippen LogP contribution in [0.15, 0.2) is 48.7 Å². The number of carbonyl (C=O) groups is 5. The standard InChI is InChI=1S/C47H66N8O7/c1-28(2)39(51-45(59)61-8)43(57)54-22-10-12-37(54)41-48-27-35(50-41)31-16-19-36(34(26-31)30-14-17-32(18-15-30)47(5,6)7)53-24-20-33(21-25-53)49-42(56)38-13-11-23-55(38)44(58)40(29(3)4)52-46(60)62-9/h14-19,26-29,33,37-40H,10-13,20-25H2,1-9H3,(H,48,50)(H,49,56)(H,51,59)(H,52,60)/t37-,38+,39-,40-/m0/s1. The first-order chi connectivity index (χ1) is 29.5. The number of nitrogens with zero attached hydrogens (tertiary/aromatic N) is 4. The molecule has 62 heavy (non-hydrogen) atoms. The number of amides is 5. The minimum absolute atomic E-state index is 0.000796. The Labute approximate surface area is 366 Å². The first-order valence-electron chi connectivity index (χ1n) is 22.2. The molecule has 6 rings (SSSR count). The molecule has 15 heteroatoms. The van der Waals surface area contributed by atoms with Gasteiger partial charge in [-0.25, -0.2) is 14.6 Å². The van der Waals surface area contributed by atoms with Gasteiger partial charge in [0.25, 0.3) is 0 Å². The molecule has 0 spiro atoms. The van der Waals surface area contributed by atoms with E-state index in [0.717, 1.165) is 66.8 Å². The number of piperidine rings is 1. The highest BCUT2D eigenvalue weighted by Gasteiger charge is 2.40. The molecule has 15 nitrogen and oxygen atoms in total. The van der Waals surface area contributed by atoms with Crippen molar-refractivity contribution >= 4 is 35.6 Å². The largest absolute Gasteiger partial charge is 0.453 e. The third-order valence-corrected chi connectivity index (χ3v) is 12.6. The number of aromatic amines is 1. The number of hydrogen-bond acceptors (Lipinski definition) is 9. The van der Waals surface area contributed by atoms with E-state index in [1.807, 2.05) is 38.8 Å². The summed E-state index contributed by atoms with van der Waals surface area (Å²) in [7, 11) is 2.56. The fourth-order valence-corrected chi connectivity index (χ4v) is 8.95. The molecule has 0 saturated carbocycles. The molecule has 336 valence electrons. The summed E-state index contributed by atoms with van der Waals surface area (Å²) in [4.78, 5) is 79.4. The molecule has 1 aromatic heterocycles. The lowest BCUT2D eigenvalue weighted by Crippen LogP contribution is -2.56. The minimum atomic E-state index is -0.783. The van der Waals surface area contributed by atoms with Crippen LogP contribution in [0.3, 0.4) is 0 Å². The number of hydrogen-bond donors (Lipinski definition) is 4. The van der Waals surface area contributed by atoms with E-state index in [1.54, 1.807) is 4.90 Å². The number of nitrogens with one attached hydrogen (secondary N) is 4. The number of carbonyl (C=O) groups excluding carboxylic acids is 5. The number of alkyl carbamates (subject to hydrolysis) is 2. The molecule has 3 aliphatic rings. The van der Waals surface area contributed by atoms with Crippen LogP contribution in [0.1, 0.15) is 104 Å². The van der Waals surface area contributed by atoms with Gasteiger partial charge in [0.15, 0.2) is 0 Å². The lowest BCUT2D eigenvalue weighted by molar-refractivity contribution is -0.141. The molecule has 4 N–H and O–H groups in total. The van der Waals surface area contributed by atoms with Crippen molar-refractivity contribution in [1.82, 2.24) is 35.7 Å². The van der Waals surface area contributed by atoms with Crippen LogP contribution in [0.25, 0.3) is 22.4 Å². The maximum atomic E-state index is 13.8. The lowest BCUT2D eigenvalue weighted by Gasteiger charge is -2.36. The summed E-state index contributed by atoms with van der Waals surface area (Å²) in [6.45, 7) is 16.6. The van der Waals surface area contributed by atoms with Crippen LogP contribution in [0, 0.1) is 11.8 Å². The van der Waals surface area contributed by atoms with Crippen molar-refractivity contribution in [1.29, 1.82) is 0 Å². The molecule has 0 bridgehead atoms. The second kappa shape index (κ2) is 19.6. The van der Waals surface area contributed by atoms with E-state index < -0.39 is 30.3 Å². The number of benzene rings is 2. The van der Waals surface area contributed by atoms with Gasteiger partial charge in [0.2, 0.25) is 17.7 Å². The maximum Gasteiger partial charge on any atom is 0.407 e. The number of imidazole rings is 1. The number of anilines is 1. The Balaban J connectivity index is 1.19. The molecule has 4 atom stereocenters. The van der Waals surface area contributed by atoms with Gasteiger partial charge in [0.1, 0.15) is 23.9 Å². The van der Waals surface area contributed by atoms with Crippen molar-refractivity contribution in [2.75, 3.05) is 45.3 Å². The molecular formula is C47H66N8O7. The maximum absolute atomic E-state index is 13.8. The van der Waals surface area contributed by atoms with Gasteiger partial charge in [-0.3, -0.25) is 14.4 Å². The summed E-state index contributed by atoms with van der Waals surface area (Å²) in [6.07, 6.45) is 4.87. The average Bonchev–Trinajstić information content (AvgIpc) is 4.06. The molecule has 3 aliphatic heterocycles. The third-order valence-electron chi connectivity index (χ3n) is 12.6. The van der Waals surface area contributed by atoms with Crippen molar-refractivity contribution in [3.8, 4) is 22.4 Å². The van der Waals surface area contributed by atoms with Crippen molar-refractivity contribution in [2.45, 2.75) is 123 Å². The van der Waals surface area contributed by atoms with E-state index in [9.17, 15) is 24.0 Å². The van der Waals surface area contributed by atoms with Crippen LogP contribution < -0.4 is 20.9 Å². The van der Waals surface area contributed by atoms with E-state index in [-0.39, 0.29) is 47.1 Å². The van der Waals surface area contributed by atoms with Crippen molar-refractivity contribution in [3.05, 3.63) is 60.0 Å². The van der Waals surface area contributed by atoms with E-state index in [0.29, 0.717) is 31.8 Å². The van der Waals surface area contributed by atoms with Gasteiger partial charge in [-0.15, -0.1) is 0 Å². The van der Waals surface area contributed by atoms with Crippen LogP contribution in [0.5, 0.6) is 0 Å². The second-order valence-electron chi connectivity index (χ2n) is 18.6. The van der Waals surface area contributed by atoms with E-state index in [2.05, 4.69) is 89.1 Å². The normalized spacial score (nSPS) is 19.4. The zero-order chi connectivity index (χ0) is 44.9. The minimum Gasteiger partial charge on any atom is -0.453 e. The number of H-pyrrole nitrogens is 1. The number of ether oxygens (including phenoxy) is 2. The van der Waals surface area contributed by atoms with Crippen LogP contribution in [-0.2, 0) is 29.3 Å². The first kappa shape index (κ1) is 45.9. The molecule has 3 saturated heterocycles. The van der Waals surface area contributed by atoms with E-state index >= 15 is 0 Å². The SMILES string of the molecule is COC(=O)N[C@H](C(=O)N1CCC[C@@H]1C(=O)NC1CCN(c2ccc(-c3cnc([C@@H]4CCCN4C(=O)[C@@H](NC(=O)OC)C(C)C)[nH]3)cc2-c2ccc(C(C)(C)C)cc2)CC1)C(C)C. The quantitative estimate of drug-likeness (QED) is 0.158. The topological polar surface area (TPSA) is 178 Å². The van der Waals surface area contributed by atoms with Gasteiger partial charge in [-0.2, -0.15) is 0 Å². The Morgan fingerprint density at radius 2 is 1.31 bits per heavy atom. The fourth-order valence-electron chi connectivity index (χ4n) is 8.95. The number of rotatable bonds is 12. The van der Waals surface area contributed by atoms with Gasteiger partial charge < -0.3 is 45.1 Å². The Morgan fingerprint density at radius 1 is 0.742 bits per heavy atom. The smallest absolute Gasteiger partial charge is 0.407 e. The molecule has 4 heterocycles. The predicted molar refractivity (Wildman–Crippen MR) is 238 cm³/mol. The first-order valence-corrected chi connectivity index (χ1v) is 22.2. The van der Waals surface area contributed by atoms with Gasteiger partial charge in [-0.1, -0.05) is 78.8 Å². The molecule has 2 aromatic carbocycles. The molecule has 0 unspecified atom stereocenters. The molecule has 5 amide bonds. The monoisotopic (exact) mass is 855 g/mol. The lowest BCUT2D eigenvalue weighted by atomic mass is 9.86. The van der Waals surface area contributed by atoms with Gasteiger partial charge in [-0.05, 0) is 79.0 Å². The average molecular weight is 855 g/mol. The van der Waals surface area contributed by atoms with Crippen LogP contribution in [0.4, 0.5) is 15.3 Å². The number of methoxy groups -OCH3 is 2. The van der Waals surface area contributed by atoms with Crippen molar-refractivity contribution < 1.29 is 33.4 Å². The summed E-state index contributed by atoms with van der Waals surface area (Å²) in [6, 6.07) is 12.8. The summed E-state index contributed by atoms with van der Waals surface area (Å²) >= 11 is 0. The number of likely N-dealkylation sites (tertiary alicyclic amines) is 2. The zero-order valence-electron chi connectivity index (χ0n) is 37.9. The van der Waals surface area contributed by atoms with E-state index in [4.69, 9.17) is 14.5 Å². The summed E-state index contributed by atoms with van der Waals surface area (Å²) in [5.74, 6) is -0.171. The van der Waals surface area contributed by atoms with Crippen LogP contribution in [0.2, 0.25) is 0 Å². The summed E-state index contributed by atoms with van der Waals surface area (Å²) in [5.41, 5.74) is 6.31. The van der Waals surface area contributed by atoms with E-state index in [1.165, 1.54) is 19.8 Å². The summed E-state index contributed by atoms with van der Waals surface area (Å²) < 4.78 is 9.56. The fraction of sp³-hybridized carbons (Fsp3) is 0.574. The van der Waals surface area contributed by atoms with Gasteiger partial charge >= 0.3 is 12.2 Å². The van der Waals surface area contributed by atoms with Crippen molar-refractivity contribution in [3.63, 3.8) is 0 Å². The zero-order valence-corrected chi connectivity index (χ0v) is 37.9. The molecule has 3 aromatic rings. The Hall–Kier alpha value is -5.60.